The zero-order valence-corrected chi connectivity index (χ0v) is 10.9. The quantitative estimate of drug-likeness (QED) is 0.660. The van der Waals surface area contributed by atoms with Crippen LogP contribution in [0.4, 0.5) is 0 Å². The zero-order valence-electron chi connectivity index (χ0n) is 10.9. The molecular weight excluding hydrogens is 222 g/mol. The number of carbonyl (C=O) groups excluding carboxylic acids is 3. The van der Waals surface area contributed by atoms with Gasteiger partial charge in [0.05, 0.1) is 6.54 Å². The molecule has 0 aliphatic carbocycles. The third-order valence-corrected chi connectivity index (χ3v) is 2.29. The molecule has 0 unspecified atom stereocenters. The molecule has 6 nitrogen and oxygen atoms in total. The highest BCUT2D eigenvalue weighted by atomic mass is 16.2. The summed E-state index contributed by atoms with van der Waals surface area (Å²) in [7, 11) is 3.06. The van der Waals surface area contributed by atoms with Crippen LogP contribution in [0.15, 0.2) is 0 Å². The number of hydrogen-bond donors (Lipinski definition) is 2. The van der Waals surface area contributed by atoms with E-state index >= 15 is 0 Å². The minimum Gasteiger partial charge on any atom is -0.358 e. The maximum Gasteiger partial charge on any atom is 0.245 e. The van der Waals surface area contributed by atoms with Gasteiger partial charge in [0, 0.05) is 21.0 Å². The summed E-state index contributed by atoms with van der Waals surface area (Å²) in [6.07, 6.45) is 1.35. The second-order valence-corrected chi connectivity index (χ2v) is 3.91. The highest BCUT2D eigenvalue weighted by Gasteiger charge is 2.22. The summed E-state index contributed by atoms with van der Waals surface area (Å²) in [5, 5.41) is 5.03. The molecule has 0 spiro atoms. The number of likely N-dealkylation sites (N-methyl/N-ethyl adjacent to an activating group) is 2. The van der Waals surface area contributed by atoms with Gasteiger partial charge < -0.3 is 15.5 Å². The number of nitrogens with zero attached hydrogens (tertiary/aromatic N) is 1. The molecule has 0 saturated carbocycles. The molecule has 0 aromatic carbocycles. The monoisotopic (exact) mass is 243 g/mol. The highest BCUT2D eigenvalue weighted by Crippen LogP contribution is 2.01. The normalized spacial score (nSPS) is 11.5. The van der Waals surface area contributed by atoms with Crippen LogP contribution in [0.3, 0.4) is 0 Å². The molecule has 0 bridgehead atoms. The number of hydrogen-bond acceptors (Lipinski definition) is 3. The van der Waals surface area contributed by atoms with Gasteiger partial charge in [-0.25, -0.2) is 0 Å². The van der Waals surface area contributed by atoms with Crippen LogP contribution in [-0.2, 0) is 14.4 Å². The highest BCUT2D eigenvalue weighted by molar-refractivity contribution is 5.89. The van der Waals surface area contributed by atoms with Gasteiger partial charge >= 0.3 is 0 Å². The fourth-order valence-corrected chi connectivity index (χ4v) is 1.43. The fraction of sp³-hybridized carbons (Fsp3) is 0.727. The molecule has 17 heavy (non-hydrogen) atoms. The van der Waals surface area contributed by atoms with Crippen molar-refractivity contribution in [2.24, 2.45) is 0 Å². The van der Waals surface area contributed by atoms with E-state index in [1.807, 2.05) is 6.92 Å². The van der Waals surface area contributed by atoms with Crippen LogP contribution in [0.2, 0.25) is 0 Å². The van der Waals surface area contributed by atoms with Gasteiger partial charge in [0.15, 0.2) is 0 Å². The van der Waals surface area contributed by atoms with Crippen LogP contribution in [0.5, 0.6) is 0 Å². The van der Waals surface area contributed by atoms with Crippen LogP contribution in [0.25, 0.3) is 0 Å². The summed E-state index contributed by atoms with van der Waals surface area (Å²) in [6.45, 7) is 3.30. The first kappa shape index (κ1) is 15.4. The fourth-order valence-electron chi connectivity index (χ4n) is 1.43. The van der Waals surface area contributed by atoms with E-state index in [0.29, 0.717) is 6.42 Å². The summed E-state index contributed by atoms with van der Waals surface area (Å²) < 4.78 is 0. The number of nitrogens with one attached hydrogen (secondary N) is 2. The standard InChI is InChI=1S/C11H21N3O3/c1-5-6-9(13-8(2)15)11(17)14(4)7-10(16)12-3/h9H,5-7H2,1-4H3,(H,12,16)(H,13,15)/t9-/m0/s1. The lowest BCUT2D eigenvalue weighted by Gasteiger charge is -2.23. The van der Waals surface area contributed by atoms with Crippen molar-refractivity contribution in [3.63, 3.8) is 0 Å². The Balaban J connectivity index is 4.48. The van der Waals surface area contributed by atoms with Crippen LogP contribution in [0.1, 0.15) is 26.7 Å². The van der Waals surface area contributed by atoms with Crippen LogP contribution in [-0.4, -0.2) is 49.3 Å². The molecule has 0 rings (SSSR count). The smallest absolute Gasteiger partial charge is 0.245 e. The van der Waals surface area contributed by atoms with Gasteiger partial charge in [-0.3, -0.25) is 14.4 Å². The van der Waals surface area contributed by atoms with Gasteiger partial charge in [-0.1, -0.05) is 13.3 Å². The van der Waals surface area contributed by atoms with Gasteiger partial charge in [-0.05, 0) is 6.42 Å². The van der Waals surface area contributed by atoms with Crippen molar-refractivity contribution in [3.8, 4) is 0 Å². The van der Waals surface area contributed by atoms with E-state index in [1.54, 1.807) is 7.05 Å². The molecule has 0 saturated heterocycles. The van der Waals surface area contributed by atoms with Crippen molar-refractivity contribution in [1.82, 2.24) is 15.5 Å². The van der Waals surface area contributed by atoms with Crippen molar-refractivity contribution >= 4 is 17.7 Å². The molecule has 0 aliphatic heterocycles. The second kappa shape index (κ2) is 7.65. The lowest BCUT2D eigenvalue weighted by Crippen LogP contribution is -2.48. The summed E-state index contributed by atoms with van der Waals surface area (Å²) in [5.74, 6) is -0.727. The summed E-state index contributed by atoms with van der Waals surface area (Å²) in [4.78, 5) is 35.4. The van der Waals surface area contributed by atoms with E-state index in [2.05, 4.69) is 10.6 Å². The van der Waals surface area contributed by atoms with Crippen molar-refractivity contribution in [3.05, 3.63) is 0 Å². The molecule has 0 aromatic rings. The van der Waals surface area contributed by atoms with Gasteiger partial charge in [0.25, 0.3) is 0 Å². The third kappa shape index (κ3) is 5.89. The maximum atomic E-state index is 12.0. The molecule has 2 N–H and O–H groups in total. The average molecular weight is 243 g/mol. The Morgan fingerprint density at radius 2 is 1.88 bits per heavy atom. The van der Waals surface area contributed by atoms with E-state index in [1.165, 1.54) is 18.9 Å². The number of amides is 3. The topological polar surface area (TPSA) is 78.5 Å². The van der Waals surface area contributed by atoms with E-state index in [9.17, 15) is 14.4 Å². The Labute approximate surface area is 102 Å². The Kier molecular flexibility index (Phi) is 6.93. The lowest BCUT2D eigenvalue weighted by atomic mass is 10.1. The molecule has 98 valence electrons. The van der Waals surface area contributed by atoms with Gasteiger partial charge in [-0.15, -0.1) is 0 Å². The summed E-state index contributed by atoms with van der Waals surface area (Å²) >= 11 is 0. The summed E-state index contributed by atoms with van der Waals surface area (Å²) in [6, 6.07) is -0.549. The Morgan fingerprint density at radius 3 is 2.29 bits per heavy atom. The van der Waals surface area contributed by atoms with Crippen molar-refractivity contribution in [2.75, 3.05) is 20.6 Å². The minimum absolute atomic E-state index is 0.00483. The first-order chi connectivity index (χ1) is 7.92. The predicted molar refractivity (Wildman–Crippen MR) is 64.2 cm³/mol. The molecule has 0 heterocycles. The van der Waals surface area contributed by atoms with E-state index in [-0.39, 0.29) is 24.3 Å². The van der Waals surface area contributed by atoms with Crippen LogP contribution in [0, 0.1) is 0 Å². The predicted octanol–water partition coefficient (Wildman–Crippen LogP) is -0.504. The second-order valence-electron chi connectivity index (χ2n) is 3.91. The van der Waals surface area contributed by atoms with E-state index < -0.39 is 6.04 Å². The molecule has 0 aliphatic rings. The van der Waals surface area contributed by atoms with Gasteiger partial charge in [-0.2, -0.15) is 0 Å². The Hall–Kier alpha value is -1.59. The molecule has 0 aromatic heterocycles. The average Bonchev–Trinajstić information content (AvgIpc) is 2.26. The molecule has 6 heteroatoms. The van der Waals surface area contributed by atoms with Crippen LogP contribution >= 0.6 is 0 Å². The Bertz CT molecular complexity index is 292. The third-order valence-electron chi connectivity index (χ3n) is 2.29. The summed E-state index contributed by atoms with van der Waals surface area (Å²) in [5.41, 5.74) is 0. The van der Waals surface area contributed by atoms with Crippen LogP contribution < -0.4 is 10.6 Å². The molecule has 0 fully saturated rings. The van der Waals surface area contributed by atoms with E-state index in [4.69, 9.17) is 0 Å². The molecular formula is C11H21N3O3. The number of rotatable bonds is 6. The molecule has 3 amide bonds. The maximum absolute atomic E-state index is 12.0. The molecule has 1 atom stereocenters. The van der Waals surface area contributed by atoms with Crippen molar-refractivity contribution in [1.29, 1.82) is 0 Å². The Morgan fingerprint density at radius 1 is 1.29 bits per heavy atom. The van der Waals surface area contributed by atoms with Crippen molar-refractivity contribution < 1.29 is 14.4 Å². The first-order valence-electron chi connectivity index (χ1n) is 5.65. The number of carbonyl (C=O) groups is 3. The SMILES string of the molecule is CCC[C@H](NC(C)=O)C(=O)N(C)CC(=O)NC. The lowest BCUT2D eigenvalue weighted by molar-refractivity contribution is -0.138. The van der Waals surface area contributed by atoms with Gasteiger partial charge in [0.1, 0.15) is 6.04 Å². The first-order valence-corrected chi connectivity index (χ1v) is 5.65. The zero-order chi connectivity index (χ0) is 13.4. The van der Waals surface area contributed by atoms with Crippen molar-refractivity contribution in [2.45, 2.75) is 32.7 Å². The van der Waals surface area contributed by atoms with Gasteiger partial charge in [0.2, 0.25) is 17.7 Å². The minimum atomic E-state index is -0.549. The van der Waals surface area contributed by atoms with E-state index in [0.717, 1.165) is 6.42 Å². The molecule has 0 radical (unpaired) electrons. The largest absolute Gasteiger partial charge is 0.358 e.